The molecule has 0 aliphatic rings. The summed E-state index contributed by atoms with van der Waals surface area (Å²) in [5.74, 6) is 7.42. The van der Waals surface area contributed by atoms with Gasteiger partial charge in [-0.3, -0.25) is 4.79 Å². The molecule has 0 aromatic rings. The molecule has 4 nitrogen and oxygen atoms in total. The molecule has 14 heavy (non-hydrogen) atoms. The average Bonchev–Trinajstić information content (AvgIpc) is 2.02. The number of nitrogens with zero attached hydrogens (tertiary/aromatic N) is 2. The second-order valence-corrected chi connectivity index (χ2v) is 3.51. The molecule has 0 heterocycles. The van der Waals surface area contributed by atoms with Gasteiger partial charge < -0.3 is 15.8 Å². The minimum Gasteiger partial charge on any atom is -0.584 e. The molecule has 0 aliphatic carbocycles. The first-order chi connectivity index (χ1) is 5.86. The maximum Gasteiger partial charge on any atom is 1.00 e. The monoisotopic (exact) mass is 191 g/mol. The largest absolute Gasteiger partial charge is 1.00 e. The molecule has 0 radical (unpaired) electrons. The smallest absolute Gasteiger partial charge is 0.584 e. The summed E-state index contributed by atoms with van der Waals surface area (Å²) in [5.41, 5.74) is 0.578. The van der Waals surface area contributed by atoms with Crippen molar-refractivity contribution in [2.45, 2.75) is 26.8 Å². The molecule has 0 unspecified atom stereocenters. The van der Waals surface area contributed by atoms with E-state index in [-0.39, 0.29) is 30.8 Å². The van der Waals surface area contributed by atoms with Crippen LogP contribution in [0, 0.1) is 0 Å². The quantitative estimate of drug-likeness (QED) is 0.315. The maximum atomic E-state index is 11.3. The first-order valence-corrected chi connectivity index (χ1v) is 4.26. The van der Waals surface area contributed by atoms with Gasteiger partial charge in [0, 0.05) is 25.7 Å². The second kappa shape index (κ2) is 6.94. The van der Waals surface area contributed by atoms with Gasteiger partial charge in [0.15, 0.2) is 0 Å². The van der Waals surface area contributed by atoms with Crippen LogP contribution in [0.25, 0.3) is 5.84 Å². The van der Waals surface area contributed by atoms with Gasteiger partial charge in [-0.2, -0.15) is 0 Å². The molecule has 0 aromatic heterocycles. The van der Waals surface area contributed by atoms with E-state index in [0.717, 1.165) is 0 Å². The summed E-state index contributed by atoms with van der Waals surface area (Å²) in [4.78, 5) is 12.8. The zero-order valence-electron chi connectivity index (χ0n) is 9.96. The van der Waals surface area contributed by atoms with Crippen molar-refractivity contribution >= 4 is 5.91 Å². The van der Waals surface area contributed by atoms with Crippen LogP contribution in [0.4, 0.5) is 0 Å². The van der Waals surface area contributed by atoms with Gasteiger partial charge in [-0.15, -0.1) is 0 Å². The van der Waals surface area contributed by atoms with Crippen LogP contribution in [0.1, 0.15) is 20.8 Å². The summed E-state index contributed by atoms with van der Waals surface area (Å²) < 4.78 is 0. The Kier molecular flexibility index (Phi) is 7.94. The summed E-state index contributed by atoms with van der Waals surface area (Å²) in [5, 5.41) is 1.27. The standard InChI is InChI=1S/C9H18N3O.Li/c1-7(2)12(10)6-8(3)9(13)11(4)5;/h6-7,10H,1-5H3;/q-1;+1/b8-6+;. The van der Waals surface area contributed by atoms with Crippen molar-refractivity contribution in [2.24, 2.45) is 0 Å². The normalized spacial score (nSPS) is 10.9. The fourth-order valence-corrected chi connectivity index (χ4v) is 0.766. The van der Waals surface area contributed by atoms with Gasteiger partial charge in [0.1, 0.15) is 0 Å². The zero-order chi connectivity index (χ0) is 10.6. The molecule has 0 fully saturated rings. The fourth-order valence-electron chi connectivity index (χ4n) is 0.766. The van der Waals surface area contributed by atoms with E-state index in [4.69, 9.17) is 5.84 Å². The Bertz CT molecular complexity index is 214. The van der Waals surface area contributed by atoms with Gasteiger partial charge in [-0.05, 0) is 27.0 Å². The molecule has 5 heteroatoms. The Morgan fingerprint density at radius 1 is 1.36 bits per heavy atom. The van der Waals surface area contributed by atoms with Crippen molar-refractivity contribution in [2.75, 3.05) is 14.1 Å². The second-order valence-electron chi connectivity index (χ2n) is 3.51. The van der Waals surface area contributed by atoms with E-state index in [2.05, 4.69) is 0 Å². The average molecular weight is 191 g/mol. The molecule has 0 atom stereocenters. The molecule has 0 aliphatic heterocycles. The number of amides is 1. The Balaban J connectivity index is 0. The number of carbonyl (C=O) groups excluding carboxylic acids is 1. The Hall–Kier alpha value is -0.433. The van der Waals surface area contributed by atoms with Crippen LogP contribution in [0.15, 0.2) is 11.8 Å². The number of hydrogen-bond acceptors (Lipinski definition) is 2. The van der Waals surface area contributed by atoms with E-state index < -0.39 is 0 Å². The van der Waals surface area contributed by atoms with E-state index in [1.165, 1.54) is 9.91 Å². The molecule has 0 spiro atoms. The van der Waals surface area contributed by atoms with Crippen molar-refractivity contribution < 1.29 is 23.7 Å². The third kappa shape index (κ3) is 5.33. The molecule has 0 bridgehead atoms. The topological polar surface area (TPSA) is 47.4 Å². The van der Waals surface area contributed by atoms with Crippen molar-refractivity contribution in [1.82, 2.24) is 9.91 Å². The van der Waals surface area contributed by atoms with Crippen LogP contribution in [0.3, 0.4) is 0 Å². The maximum absolute atomic E-state index is 11.3. The minimum atomic E-state index is -0.0575. The summed E-state index contributed by atoms with van der Waals surface area (Å²) in [7, 11) is 3.40. The van der Waals surface area contributed by atoms with E-state index in [1.54, 1.807) is 27.2 Å². The van der Waals surface area contributed by atoms with E-state index in [9.17, 15) is 4.79 Å². The third-order valence-corrected chi connectivity index (χ3v) is 1.63. The first kappa shape index (κ1) is 16.0. The van der Waals surface area contributed by atoms with Crippen molar-refractivity contribution in [3.05, 3.63) is 17.6 Å². The Labute approximate surface area is 98.3 Å². The summed E-state index contributed by atoms with van der Waals surface area (Å²) >= 11 is 0. The number of carbonyl (C=O) groups is 1. The zero-order valence-corrected chi connectivity index (χ0v) is 9.96. The Morgan fingerprint density at radius 2 is 1.79 bits per heavy atom. The van der Waals surface area contributed by atoms with Gasteiger partial charge in [0.2, 0.25) is 5.91 Å². The summed E-state index contributed by atoms with van der Waals surface area (Å²) in [6.45, 7) is 5.51. The molecule has 0 aromatic carbocycles. The summed E-state index contributed by atoms with van der Waals surface area (Å²) in [6, 6.07) is 0.0879. The molecular formula is C9H18LiN3O. The van der Waals surface area contributed by atoms with Gasteiger partial charge in [-0.25, -0.2) is 0 Å². The predicted molar refractivity (Wildman–Crippen MR) is 53.7 cm³/mol. The van der Waals surface area contributed by atoms with Crippen LogP contribution in [0.2, 0.25) is 0 Å². The first-order valence-electron chi connectivity index (χ1n) is 4.26. The van der Waals surface area contributed by atoms with E-state index in [1.807, 2.05) is 13.8 Å². The molecular weight excluding hydrogens is 173 g/mol. The predicted octanol–water partition coefficient (Wildman–Crippen LogP) is -1.34. The van der Waals surface area contributed by atoms with Crippen LogP contribution < -0.4 is 18.9 Å². The fraction of sp³-hybridized carbons (Fsp3) is 0.667. The van der Waals surface area contributed by atoms with Crippen LogP contribution in [-0.2, 0) is 4.79 Å². The molecule has 0 rings (SSSR count). The number of likely N-dealkylation sites (N-methyl/N-ethyl adjacent to an activating group) is 1. The number of hydrogen-bond donors (Lipinski definition) is 0. The number of rotatable bonds is 3. The SMILES string of the molecule is C/C(=C\N([NH-])C(C)C)C(=O)N(C)C.[Li+]. The minimum absolute atomic E-state index is 0. The van der Waals surface area contributed by atoms with Crippen molar-refractivity contribution in [3.8, 4) is 0 Å². The third-order valence-electron chi connectivity index (χ3n) is 1.63. The van der Waals surface area contributed by atoms with Crippen LogP contribution in [0.5, 0.6) is 0 Å². The van der Waals surface area contributed by atoms with Gasteiger partial charge in [-0.1, -0.05) is 0 Å². The van der Waals surface area contributed by atoms with Gasteiger partial charge in [0.05, 0.1) is 0 Å². The molecule has 0 saturated heterocycles. The Morgan fingerprint density at radius 3 is 2.07 bits per heavy atom. The molecule has 1 amide bonds. The van der Waals surface area contributed by atoms with Crippen molar-refractivity contribution in [1.29, 1.82) is 0 Å². The molecule has 1 N–H and O–H groups in total. The molecule has 0 saturated carbocycles. The molecule has 76 valence electrons. The van der Waals surface area contributed by atoms with Gasteiger partial charge >= 0.3 is 18.9 Å². The van der Waals surface area contributed by atoms with Gasteiger partial charge in [0.25, 0.3) is 0 Å². The van der Waals surface area contributed by atoms with E-state index >= 15 is 0 Å². The number of nitrogens with one attached hydrogen (secondary N) is 1. The van der Waals surface area contributed by atoms with Crippen molar-refractivity contribution in [3.63, 3.8) is 0 Å². The van der Waals surface area contributed by atoms with Crippen LogP contribution in [-0.4, -0.2) is 36.0 Å². The van der Waals surface area contributed by atoms with Crippen LogP contribution >= 0.6 is 0 Å². The summed E-state index contributed by atoms with van der Waals surface area (Å²) in [6.07, 6.45) is 1.55. The van der Waals surface area contributed by atoms with E-state index in [0.29, 0.717) is 5.57 Å².